The lowest BCUT2D eigenvalue weighted by Gasteiger charge is -2.04. The zero-order valence-electron chi connectivity index (χ0n) is 15.1. The third-order valence-corrected chi connectivity index (χ3v) is 3.68. The van der Waals surface area contributed by atoms with E-state index in [1.807, 2.05) is 24.3 Å². The van der Waals surface area contributed by atoms with Gasteiger partial charge in [-0.25, -0.2) is 4.39 Å². The molecule has 1 aromatic heterocycles. The fraction of sp³-hybridized carbons (Fsp3) is 0.136. The van der Waals surface area contributed by atoms with Gasteiger partial charge in [-0.2, -0.15) is 5.26 Å². The second-order valence-corrected chi connectivity index (χ2v) is 5.81. The molecule has 0 amide bonds. The highest BCUT2D eigenvalue weighted by Crippen LogP contribution is 2.10. The maximum absolute atomic E-state index is 13.8. The van der Waals surface area contributed by atoms with Crippen LogP contribution in [0.25, 0.3) is 5.70 Å². The van der Waals surface area contributed by atoms with E-state index in [-0.39, 0.29) is 12.4 Å². The van der Waals surface area contributed by atoms with Crippen LogP contribution in [0, 0.1) is 17.1 Å². The number of nitrogens with two attached hydrogens (primary N) is 1. The molecule has 0 radical (unpaired) electrons. The lowest BCUT2D eigenvalue weighted by atomic mass is 10.1. The van der Waals surface area contributed by atoms with Gasteiger partial charge in [0.05, 0.1) is 24.0 Å². The number of allylic oxidation sites excluding steroid dienone is 5. The maximum Gasteiger partial charge on any atom is 0.128 e. The van der Waals surface area contributed by atoms with Gasteiger partial charge in [-0.05, 0) is 37.3 Å². The number of rotatable bonds is 7. The Kier molecular flexibility index (Phi) is 7.68. The maximum atomic E-state index is 13.8. The van der Waals surface area contributed by atoms with Crippen LogP contribution in [0.15, 0.2) is 83.5 Å². The quantitative estimate of drug-likeness (QED) is 0.446. The molecule has 2 rings (SSSR count). The molecular weight excluding hydrogens is 339 g/mol. The monoisotopic (exact) mass is 360 g/mol. The van der Waals surface area contributed by atoms with Crippen LogP contribution in [0.3, 0.4) is 0 Å². The van der Waals surface area contributed by atoms with E-state index >= 15 is 0 Å². The van der Waals surface area contributed by atoms with E-state index in [0.717, 1.165) is 0 Å². The molecular formula is C22H21FN4. The van der Waals surface area contributed by atoms with Gasteiger partial charge in [0.15, 0.2) is 0 Å². The zero-order chi connectivity index (χ0) is 19.5. The second kappa shape index (κ2) is 10.5. The van der Waals surface area contributed by atoms with E-state index in [1.165, 1.54) is 6.07 Å². The van der Waals surface area contributed by atoms with Crippen LogP contribution in [0.1, 0.15) is 24.6 Å². The number of hydrogen-bond acceptors (Lipinski definition) is 4. The zero-order valence-corrected chi connectivity index (χ0v) is 15.1. The summed E-state index contributed by atoms with van der Waals surface area (Å²) in [5, 5.41) is 8.78. The number of nitrogens with zero attached hydrogens (tertiary/aromatic N) is 3. The molecule has 0 aliphatic heterocycles. The number of aromatic nitrogens is 1. The number of pyridine rings is 1. The molecule has 1 heterocycles. The van der Waals surface area contributed by atoms with E-state index in [1.54, 1.807) is 49.5 Å². The Balaban J connectivity index is 2.23. The Labute approximate surface area is 158 Å². The molecule has 0 bridgehead atoms. The van der Waals surface area contributed by atoms with Crippen molar-refractivity contribution in [1.82, 2.24) is 4.98 Å². The molecule has 0 aliphatic carbocycles. The normalized spacial score (nSPS) is 13.0. The summed E-state index contributed by atoms with van der Waals surface area (Å²) in [5.41, 5.74) is 9.10. The molecule has 0 fully saturated rings. The fourth-order valence-corrected chi connectivity index (χ4v) is 2.21. The molecule has 0 aliphatic rings. The standard InChI is InChI=1S/C22H21FN4/c1-17(15-24)8-2-4-10-19(14-21(25)22-12-6-7-13-26-22)27-16-18-9-3-5-11-20(18)23/h2-9,11-14H,10,16,25H2,1H3/b4-2-,17-8+,21-14?,27-19?. The Morgan fingerprint density at radius 1 is 1.26 bits per heavy atom. The SMILES string of the molecule is C/C(C#N)=C\C=C/CC(C=C(N)c1ccccn1)=NCc1ccccc1F. The van der Waals surface area contributed by atoms with Gasteiger partial charge in [-0.3, -0.25) is 9.98 Å². The van der Waals surface area contributed by atoms with Crippen molar-refractivity contribution in [2.24, 2.45) is 10.7 Å². The first-order valence-electron chi connectivity index (χ1n) is 8.49. The van der Waals surface area contributed by atoms with Gasteiger partial charge in [-0.1, -0.05) is 36.4 Å². The van der Waals surface area contributed by atoms with Crippen LogP contribution in [0.2, 0.25) is 0 Å². The van der Waals surface area contributed by atoms with E-state index < -0.39 is 0 Å². The third-order valence-electron chi connectivity index (χ3n) is 3.68. The highest BCUT2D eigenvalue weighted by atomic mass is 19.1. The minimum absolute atomic E-state index is 0.217. The van der Waals surface area contributed by atoms with Crippen molar-refractivity contribution in [2.75, 3.05) is 0 Å². The van der Waals surface area contributed by atoms with Crippen molar-refractivity contribution >= 4 is 11.4 Å². The van der Waals surface area contributed by atoms with Crippen molar-refractivity contribution < 1.29 is 4.39 Å². The number of aliphatic imine (C=N–C) groups is 1. The molecule has 5 heteroatoms. The molecule has 27 heavy (non-hydrogen) atoms. The Hall–Kier alpha value is -3.52. The molecule has 4 nitrogen and oxygen atoms in total. The van der Waals surface area contributed by atoms with Crippen LogP contribution in [0.4, 0.5) is 4.39 Å². The van der Waals surface area contributed by atoms with Crippen molar-refractivity contribution in [3.8, 4) is 6.07 Å². The van der Waals surface area contributed by atoms with Crippen molar-refractivity contribution in [1.29, 1.82) is 5.26 Å². The van der Waals surface area contributed by atoms with Gasteiger partial charge < -0.3 is 5.73 Å². The molecule has 136 valence electrons. The van der Waals surface area contributed by atoms with E-state index in [0.29, 0.717) is 34.7 Å². The summed E-state index contributed by atoms with van der Waals surface area (Å²) in [6.45, 7) is 1.95. The van der Waals surface area contributed by atoms with E-state index in [4.69, 9.17) is 11.0 Å². The predicted molar refractivity (Wildman–Crippen MR) is 107 cm³/mol. The summed E-state index contributed by atoms with van der Waals surface area (Å²) in [6.07, 6.45) is 9.30. The van der Waals surface area contributed by atoms with Crippen LogP contribution in [-0.2, 0) is 6.54 Å². The summed E-state index contributed by atoms with van der Waals surface area (Å²) in [6, 6.07) is 14.1. The van der Waals surface area contributed by atoms with Gasteiger partial charge in [-0.15, -0.1) is 0 Å². The van der Waals surface area contributed by atoms with Crippen LogP contribution < -0.4 is 5.73 Å². The van der Waals surface area contributed by atoms with Crippen LogP contribution in [-0.4, -0.2) is 10.7 Å². The summed E-state index contributed by atoms with van der Waals surface area (Å²) in [4.78, 5) is 8.74. The lowest BCUT2D eigenvalue weighted by Crippen LogP contribution is -2.04. The molecule has 1 aromatic carbocycles. The molecule has 0 spiro atoms. The van der Waals surface area contributed by atoms with Crippen molar-refractivity contribution in [3.05, 3.63) is 95.6 Å². The smallest absolute Gasteiger partial charge is 0.128 e. The fourth-order valence-electron chi connectivity index (χ4n) is 2.21. The first-order chi connectivity index (χ1) is 13.1. The van der Waals surface area contributed by atoms with Gasteiger partial charge >= 0.3 is 0 Å². The number of halogens is 1. The topological polar surface area (TPSA) is 75.1 Å². The van der Waals surface area contributed by atoms with E-state index in [2.05, 4.69) is 16.0 Å². The summed E-state index contributed by atoms with van der Waals surface area (Å²) in [7, 11) is 0. The average Bonchev–Trinajstić information content (AvgIpc) is 2.70. The van der Waals surface area contributed by atoms with Crippen molar-refractivity contribution in [3.63, 3.8) is 0 Å². The summed E-state index contributed by atoms with van der Waals surface area (Å²) < 4.78 is 13.8. The molecule has 0 unspecified atom stereocenters. The molecule has 2 aromatic rings. The Morgan fingerprint density at radius 3 is 2.74 bits per heavy atom. The largest absolute Gasteiger partial charge is 0.397 e. The van der Waals surface area contributed by atoms with Crippen molar-refractivity contribution in [2.45, 2.75) is 19.9 Å². The lowest BCUT2D eigenvalue weighted by molar-refractivity contribution is 0.611. The Morgan fingerprint density at radius 2 is 2.04 bits per heavy atom. The second-order valence-electron chi connectivity index (χ2n) is 5.81. The minimum Gasteiger partial charge on any atom is -0.397 e. The number of hydrogen-bond donors (Lipinski definition) is 1. The first-order valence-corrected chi connectivity index (χ1v) is 8.49. The predicted octanol–water partition coefficient (Wildman–Crippen LogP) is 4.58. The highest BCUT2D eigenvalue weighted by molar-refractivity contribution is 6.01. The van der Waals surface area contributed by atoms with Gasteiger partial charge in [0.1, 0.15) is 5.82 Å². The van der Waals surface area contributed by atoms with Crippen LogP contribution in [0.5, 0.6) is 0 Å². The summed E-state index contributed by atoms with van der Waals surface area (Å²) in [5.74, 6) is -0.287. The van der Waals surface area contributed by atoms with Crippen LogP contribution >= 0.6 is 0 Å². The summed E-state index contributed by atoms with van der Waals surface area (Å²) >= 11 is 0. The average molecular weight is 360 g/mol. The molecule has 0 saturated carbocycles. The number of nitriles is 1. The first kappa shape index (κ1) is 19.8. The Bertz CT molecular complexity index is 919. The minimum atomic E-state index is -0.287. The third kappa shape index (κ3) is 6.71. The van der Waals surface area contributed by atoms with Gasteiger partial charge in [0.2, 0.25) is 0 Å². The molecule has 2 N–H and O–H groups in total. The van der Waals surface area contributed by atoms with Gasteiger partial charge in [0.25, 0.3) is 0 Å². The molecule has 0 saturated heterocycles. The van der Waals surface area contributed by atoms with Gasteiger partial charge in [0, 0.05) is 29.5 Å². The molecule has 0 atom stereocenters. The van der Waals surface area contributed by atoms with E-state index in [9.17, 15) is 4.39 Å². The number of benzene rings is 1. The highest BCUT2D eigenvalue weighted by Gasteiger charge is 2.03.